The summed E-state index contributed by atoms with van der Waals surface area (Å²) in [7, 11) is 0. The molecule has 1 saturated carbocycles. The lowest BCUT2D eigenvalue weighted by atomic mass is 10.1. The van der Waals surface area contributed by atoms with Crippen LogP contribution in [-0.4, -0.2) is 62.7 Å². The first-order valence-corrected chi connectivity index (χ1v) is 9.31. The van der Waals surface area contributed by atoms with Crippen molar-refractivity contribution in [2.45, 2.75) is 58.0 Å². The Morgan fingerprint density at radius 3 is 2.52 bits per heavy atom. The van der Waals surface area contributed by atoms with Gasteiger partial charge in [-0.25, -0.2) is 9.59 Å². The summed E-state index contributed by atoms with van der Waals surface area (Å²) >= 11 is 0. The van der Waals surface area contributed by atoms with Gasteiger partial charge in [0.1, 0.15) is 11.7 Å². The molecule has 0 radical (unpaired) electrons. The maximum Gasteiger partial charge on any atom is 0.408 e. The maximum atomic E-state index is 12.0. The minimum absolute atomic E-state index is 0.0423. The van der Waals surface area contributed by atoms with Gasteiger partial charge in [-0.05, 0) is 34.1 Å². The molecule has 2 rings (SSSR count). The van der Waals surface area contributed by atoms with Crippen LogP contribution in [0.3, 0.4) is 0 Å². The van der Waals surface area contributed by atoms with E-state index in [1.165, 1.54) is 17.7 Å². The summed E-state index contributed by atoms with van der Waals surface area (Å²) in [6.45, 7) is 6.37. The van der Waals surface area contributed by atoms with E-state index in [2.05, 4.69) is 15.6 Å². The van der Waals surface area contributed by atoms with E-state index in [-0.39, 0.29) is 19.5 Å². The molecule has 0 spiro atoms. The smallest absolute Gasteiger partial charge is 0.408 e. The third-order valence-electron chi connectivity index (χ3n) is 4.63. The highest BCUT2D eigenvalue weighted by atomic mass is 16.6. The summed E-state index contributed by atoms with van der Waals surface area (Å²) < 4.78 is 6.22. The van der Waals surface area contributed by atoms with Crippen molar-refractivity contribution in [1.82, 2.24) is 20.2 Å². The van der Waals surface area contributed by atoms with E-state index >= 15 is 0 Å². The van der Waals surface area contributed by atoms with Gasteiger partial charge in [0.15, 0.2) is 0 Å². The Hall–Kier alpha value is -2.66. The Labute approximate surface area is 167 Å². The number of aryl methyl sites for hydroxylation is 1. The van der Waals surface area contributed by atoms with Crippen molar-refractivity contribution in [3.05, 3.63) is 32.6 Å². The minimum Gasteiger partial charge on any atom is -0.444 e. The number of rotatable bonds is 5. The number of aliphatic hydroxyl groups excluding tert-OH is 2. The monoisotopic (exact) mass is 412 g/mol. The number of amides is 2. The lowest BCUT2D eigenvalue weighted by Gasteiger charge is -2.20. The van der Waals surface area contributed by atoms with Gasteiger partial charge in [0.25, 0.3) is 5.56 Å². The molecule has 0 aliphatic heterocycles. The van der Waals surface area contributed by atoms with Crippen LogP contribution >= 0.6 is 0 Å². The first-order chi connectivity index (χ1) is 13.4. The molecular formula is C18H28N4O7. The highest BCUT2D eigenvalue weighted by molar-refractivity contribution is 5.82. The standard InChI is InChI=1S/C18H28N4O7/c1-9-8-22(16(27)21-15(9)26)11-5-10(13(24)14(11)25)6-19-12(23)7-20-17(28)29-18(2,3)4/h8,10-11,13-14,24-25H,5-7H2,1-4H3,(H,19,23)(H,20,28)(H,21,26,27)/t10-,11+,13+,14+/m0/s1. The molecule has 162 valence electrons. The molecule has 0 saturated heterocycles. The fourth-order valence-corrected chi connectivity index (χ4v) is 3.18. The SMILES string of the molecule is Cc1cn([C@@H]2C[C@@H](CNC(=O)CNC(=O)OC(C)(C)C)[C@@H](O)[C@@H]2O)c(=O)[nH]c1=O. The average molecular weight is 412 g/mol. The van der Waals surface area contributed by atoms with Gasteiger partial charge in [0, 0.05) is 24.2 Å². The molecule has 29 heavy (non-hydrogen) atoms. The number of alkyl carbamates (subject to hydrolysis) is 1. The van der Waals surface area contributed by atoms with E-state index in [1.807, 2.05) is 0 Å². The van der Waals surface area contributed by atoms with Gasteiger partial charge >= 0.3 is 11.8 Å². The lowest BCUT2D eigenvalue weighted by molar-refractivity contribution is -0.120. The van der Waals surface area contributed by atoms with Gasteiger partial charge < -0.3 is 25.6 Å². The van der Waals surface area contributed by atoms with Crippen LogP contribution < -0.4 is 21.9 Å². The lowest BCUT2D eigenvalue weighted by Crippen LogP contribution is -2.42. The summed E-state index contributed by atoms with van der Waals surface area (Å²) in [5.74, 6) is -1.00. The Morgan fingerprint density at radius 1 is 1.24 bits per heavy atom. The van der Waals surface area contributed by atoms with Crippen LogP contribution in [0.5, 0.6) is 0 Å². The van der Waals surface area contributed by atoms with Gasteiger partial charge in [-0.2, -0.15) is 0 Å². The van der Waals surface area contributed by atoms with Crippen LogP contribution in [0.1, 0.15) is 38.8 Å². The fraction of sp³-hybridized carbons (Fsp3) is 0.667. The molecule has 5 N–H and O–H groups in total. The second-order valence-electron chi connectivity index (χ2n) is 8.18. The fourth-order valence-electron chi connectivity index (χ4n) is 3.18. The van der Waals surface area contributed by atoms with E-state index in [0.717, 1.165) is 0 Å². The van der Waals surface area contributed by atoms with E-state index in [1.54, 1.807) is 20.8 Å². The number of aromatic amines is 1. The number of hydrogen-bond donors (Lipinski definition) is 5. The number of carbonyl (C=O) groups excluding carboxylic acids is 2. The van der Waals surface area contributed by atoms with Crippen LogP contribution in [0.25, 0.3) is 0 Å². The molecule has 2 amide bonds. The van der Waals surface area contributed by atoms with E-state index in [4.69, 9.17) is 4.74 Å². The molecule has 1 aromatic rings. The number of nitrogens with one attached hydrogen (secondary N) is 3. The number of aromatic nitrogens is 2. The zero-order valence-corrected chi connectivity index (χ0v) is 16.9. The molecule has 1 aliphatic rings. The quantitative estimate of drug-likeness (QED) is 0.404. The van der Waals surface area contributed by atoms with Gasteiger partial charge in [-0.1, -0.05) is 0 Å². The number of H-pyrrole nitrogens is 1. The molecule has 0 unspecified atom stereocenters. The zero-order chi connectivity index (χ0) is 21.9. The van der Waals surface area contributed by atoms with Crippen LogP contribution in [0, 0.1) is 12.8 Å². The molecule has 1 aliphatic carbocycles. The van der Waals surface area contributed by atoms with E-state index in [0.29, 0.717) is 5.56 Å². The molecule has 1 fully saturated rings. The van der Waals surface area contributed by atoms with Crippen molar-refractivity contribution in [3.63, 3.8) is 0 Å². The number of aliphatic hydroxyl groups is 2. The van der Waals surface area contributed by atoms with Crippen molar-refractivity contribution in [2.75, 3.05) is 13.1 Å². The normalized spacial score (nSPS) is 24.2. The van der Waals surface area contributed by atoms with Crippen molar-refractivity contribution >= 4 is 12.0 Å². The van der Waals surface area contributed by atoms with E-state index < -0.39 is 53.0 Å². The molecule has 4 atom stereocenters. The number of ether oxygens (including phenoxy) is 1. The molecule has 11 heteroatoms. The van der Waals surface area contributed by atoms with Crippen LogP contribution in [0.2, 0.25) is 0 Å². The predicted molar refractivity (Wildman–Crippen MR) is 102 cm³/mol. The first-order valence-electron chi connectivity index (χ1n) is 9.31. The summed E-state index contributed by atoms with van der Waals surface area (Å²) in [5.41, 5.74) is -1.57. The van der Waals surface area contributed by atoms with Gasteiger partial charge in [0.2, 0.25) is 5.91 Å². The van der Waals surface area contributed by atoms with Crippen molar-refractivity contribution in [1.29, 1.82) is 0 Å². The Morgan fingerprint density at radius 2 is 1.90 bits per heavy atom. The molecule has 1 aromatic heterocycles. The second-order valence-corrected chi connectivity index (χ2v) is 8.18. The summed E-state index contributed by atoms with van der Waals surface area (Å²) in [5, 5.41) is 25.5. The largest absolute Gasteiger partial charge is 0.444 e. The second kappa shape index (κ2) is 8.78. The Balaban J connectivity index is 1.92. The van der Waals surface area contributed by atoms with Crippen molar-refractivity contribution in [3.8, 4) is 0 Å². The Bertz CT molecular complexity index is 870. The third kappa shape index (κ3) is 5.91. The van der Waals surface area contributed by atoms with Crippen LogP contribution in [0.15, 0.2) is 15.8 Å². The van der Waals surface area contributed by atoms with Crippen molar-refractivity contribution in [2.24, 2.45) is 5.92 Å². The zero-order valence-electron chi connectivity index (χ0n) is 16.9. The van der Waals surface area contributed by atoms with Gasteiger partial charge in [-0.3, -0.25) is 19.1 Å². The Kier molecular flexibility index (Phi) is 6.85. The molecule has 0 aromatic carbocycles. The summed E-state index contributed by atoms with van der Waals surface area (Å²) in [6, 6.07) is -0.741. The van der Waals surface area contributed by atoms with Crippen LogP contribution in [0.4, 0.5) is 4.79 Å². The summed E-state index contributed by atoms with van der Waals surface area (Å²) in [6.07, 6.45) is -1.57. The van der Waals surface area contributed by atoms with Gasteiger partial charge in [-0.15, -0.1) is 0 Å². The topological polar surface area (TPSA) is 163 Å². The molecule has 1 heterocycles. The molecular weight excluding hydrogens is 384 g/mol. The predicted octanol–water partition coefficient (Wildman–Crippen LogP) is -1.23. The van der Waals surface area contributed by atoms with Gasteiger partial charge in [0.05, 0.1) is 18.7 Å². The minimum atomic E-state index is -1.24. The third-order valence-corrected chi connectivity index (χ3v) is 4.63. The summed E-state index contributed by atoms with van der Waals surface area (Å²) in [4.78, 5) is 49.2. The number of hydrogen-bond acceptors (Lipinski definition) is 7. The van der Waals surface area contributed by atoms with Crippen molar-refractivity contribution < 1.29 is 24.5 Å². The molecule has 11 nitrogen and oxygen atoms in total. The highest BCUT2D eigenvalue weighted by Gasteiger charge is 2.42. The number of carbonyl (C=O) groups is 2. The molecule has 0 bridgehead atoms. The highest BCUT2D eigenvalue weighted by Crippen LogP contribution is 2.34. The first kappa shape index (κ1) is 22.6. The average Bonchev–Trinajstić information content (AvgIpc) is 2.88. The van der Waals surface area contributed by atoms with E-state index in [9.17, 15) is 29.4 Å². The van der Waals surface area contributed by atoms with Crippen LogP contribution in [-0.2, 0) is 9.53 Å². The maximum absolute atomic E-state index is 12.0. The number of nitrogens with zero attached hydrogens (tertiary/aromatic N) is 1.